The van der Waals surface area contributed by atoms with Crippen LogP contribution in [0.3, 0.4) is 0 Å². The van der Waals surface area contributed by atoms with Crippen LogP contribution in [0.1, 0.15) is 26.2 Å². The lowest BCUT2D eigenvalue weighted by molar-refractivity contribution is -0.0316. The zero-order valence-corrected chi connectivity index (χ0v) is 6.99. The van der Waals surface area contributed by atoms with E-state index in [-0.39, 0.29) is 18.3 Å². The highest BCUT2D eigenvalue weighted by molar-refractivity contribution is 4.88. The van der Waals surface area contributed by atoms with Crippen molar-refractivity contribution in [3.8, 4) is 0 Å². The first-order chi connectivity index (χ1) is 5.24. The predicted molar refractivity (Wildman–Crippen MR) is 44.4 cm³/mol. The smallest absolute Gasteiger partial charge is 0.102 e. The fraction of sp³-hybridized carbons (Fsp3) is 0.778. The molecule has 0 spiro atoms. The Morgan fingerprint density at radius 1 is 1.55 bits per heavy atom. The van der Waals surface area contributed by atoms with E-state index in [4.69, 9.17) is 4.74 Å². The predicted octanol–water partition coefficient (Wildman–Crippen LogP) is 1.49. The molecule has 11 heavy (non-hydrogen) atoms. The van der Waals surface area contributed by atoms with E-state index in [2.05, 4.69) is 6.58 Å². The summed E-state index contributed by atoms with van der Waals surface area (Å²) in [6.45, 7) is 5.66. The van der Waals surface area contributed by atoms with Crippen molar-refractivity contribution in [3.63, 3.8) is 0 Å². The summed E-state index contributed by atoms with van der Waals surface area (Å²) in [5.74, 6) is 0. The quantitative estimate of drug-likeness (QED) is 0.583. The van der Waals surface area contributed by atoms with Gasteiger partial charge in [0, 0.05) is 0 Å². The second-order valence-corrected chi connectivity index (χ2v) is 3.15. The van der Waals surface area contributed by atoms with Gasteiger partial charge in [0.1, 0.15) is 6.10 Å². The van der Waals surface area contributed by atoms with Gasteiger partial charge in [0.05, 0.1) is 12.2 Å². The van der Waals surface area contributed by atoms with Gasteiger partial charge < -0.3 is 9.84 Å². The molecule has 1 rings (SSSR count). The van der Waals surface area contributed by atoms with Crippen LogP contribution >= 0.6 is 0 Å². The van der Waals surface area contributed by atoms with Crippen molar-refractivity contribution in [1.29, 1.82) is 0 Å². The molecule has 0 amide bonds. The average Bonchev–Trinajstić information content (AvgIpc) is 2.13. The number of aliphatic hydroxyl groups excluding tert-OH is 1. The second kappa shape index (κ2) is 3.88. The Labute approximate surface area is 67.9 Å². The van der Waals surface area contributed by atoms with Crippen molar-refractivity contribution in [3.05, 3.63) is 12.7 Å². The molecule has 1 fully saturated rings. The largest absolute Gasteiger partial charge is 0.390 e. The third-order valence-corrected chi connectivity index (χ3v) is 2.11. The molecule has 1 aliphatic rings. The fourth-order valence-corrected chi connectivity index (χ4v) is 1.42. The minimum atomic E-state index is -0.350. The van der Waals surface area contributed by atoms with E-state index < -0.39 is 0 Å². The Bertz CT molecular complexity index is 134. The molecule has 0 aliphatic carbocycles. The van der Waals surface area contributed by atoms with Crippen molar-refractivity contribution in [2.24, 2.45) is 0 Å². The molecular weight excluding hydrogens is 140 g/mol. The fourth-order valence-electron chi connectivity index (χ4n) is 1.42. The Morgan fingerprint density at radius 3 is 2.91 bits per heavy atom. The molecule has 1 N–H and O–H groups in total. The number of rotatable bonds is 1. The van der Waals surface area contributed by atoms with Gasteiger partial charge in [-0.2, -0.15) is 0 Å². The molecule has 0 unspecified atom stereocenters. The third-order valence-electron chi connectivity index (χ3n) is 2.11. The number of aliphatic hydroxyl groups is 1. The first kappa shape index (κ1) is 8.75. The van der Waals surface area contributed by atoms with Crippen LogP contribution in [0.25, 0.3) is 0 Å². The lowest BCUT2D eigenvalue weighted by atomic mass is 10.1. The van der Waals surface area contributed by atoms with Crippen LogP contribution in [-0.4, -0.2) is 23.4 Å². The monoisotopic (exact) mass is 156 g/mol. The van der Waals surface area contributed by atoms with Gasteiger partial charge in [-0.05, 0) is 26.2 Å². The highest BCUT2D eigenvalue weighted by Crippen LogP contribution is 2.18. The topological polar surface area (TPSA) is 29.5 Å². The van der Waals surface area contributed by atoms with E-state index >= 15 is 0 Å². The summed E-state index contributed by atoms with van der Waals surface area (Å²) in [5, 5.41) is 9.47. The molecule has 0 bridgehead atoms. The molecule has 0 aromatic rings. The maximum atomic E-state index is 9.47. The van der Waals surface area contributed by atoms with E-state index in [1.807, 2.05) is 6.92 Å². The van der Waals surface area contributed by atoms with Crippen LogP contribution in [0.2, 0.25) is 0 Å². The number of hydrogen-bond acceptors (Lipinski definition) is 2. The van der Waals surface area contributed by atoms with Gasteiger partial charge in [0.2, 0.25) is 0 Å². The molecule has 1 aliphatic heterocycles. The summed E-state index contributed by atoms with van der Waals surface area (Å²) in [7, 11) is 0. The highest BCUT2D eigenvalue weighted by Gasteiger charge is 2.22. The van der Waals surface area contributed by atoms with E-state index in [1.54, 1.807) is 6.08 Å². The highest BCUT2D eigenvalue weighted by atomic mass is 16.5. The lowest BCUT2D eigenvalue weighted by Gasteiger charge is -2.18. The molecule has 0 aromatic heterocycles. The molecule has 1 saturated heterocycles. The molecule has 3 atom stereocenters. The van der Waals surface area contributed by atoms with Gasteiger partial charge in [-0.25, -0.2) is 0 Å². The van der Waals surface area contributed by atoms with Crippen LogP contribution < -0.4 is 0 Å². The van der Waals surface area contributed by atoms with Gasteiger partial charge in [-0.1, -0.05) is 6.08 Å². The van der Waals surface area contributed by atoms with Crippen molar-refractivity contribution >= 4 is 0 Å². The van der Waals surface area contributed by atoms with Crippen LogP contribution in [-0.2, 0) is 4.74 Å². The Hall–Kier alpha value is -0.340. The lowest BCUT2D eigenvalue weighted by Crippen LogP contribution is -2.27. The van der Waals surface area contributed by atoms with Gasteiger partial charge in [-0.15, -0.1) is 6.58 Å². The van der Waals surface area contributed by atoms with E-state index in [9.17, 15) is 5.11 Å². The molecule has 0 radical (unpaired) electrons. The van der Waals surface area contributed by atoms with Gasteiger partial charge in [0.25, 0.3) is 0 Å². The maximum absolute atomic E-state index is 9.47. The summed E-state index contributed by atoms with van der Waals surface area (Å²) < 4.78 is 5.50. The molecule has 64 valence electrons. The first-order valence-electron chi connectivity index (χ1n) is 4.20. The van der Waals surface area contributed by atoms with Crippen molar-refractivity contribution in [1.82, 2.24) is 0 Å². The molecule has 2 nitrogen and oxygen atoms in total. The van der Waals surface area contributed by atoms with Crippen molar-refractivity contribution in [2.45, 2.75) is 44.5 Å². The summed E-state index contributed by atoms with van der Waals surface area (Å²) in [5.41, 5.74) is 0. The molecule has 2 heteroatoms. The Balaban J connectivity index is 2.51. The Morgan fingerprint density at radius 2 is 2.27 bits per heavy atom. The van der Waals surface area contributed by atoms with Crippen LogP contribution in [0.4, 0.5) is 0 Å². The normalized spacial score (nSPS) is 39.6. The summed E-state index contributed by atoms with van der Waals surface area (Å²) in [6, 6.07) is 0. The molecular formula is C9H16O2. The minimum absolute atomic E-state index is 0.160. The standard InChI is InChI=1S/C9H16O2/c1-3-9-8(10)6-4-5-7(2)11-9/h3,7-10H,1,4-6H2,2H3/t7-,8-,9+/m1/s1. The zero-order valence-electron chi connectivity index (χ0n) is 6.99. The number of hydrogen-bond donors (Lipinski definition) is 1. The number of ether oxygens (including phenoxy) is 1. The molecule has 1 heterocycles. The second-order valence-electron chi connectivity index (χ2n) is 3.15. The Kier molecular flexibility index (Phi) is 3.09. The summed E-state index contributed by atoms with van der Waals surface area (Å²) in [6.07, 6.45) is 4.36. The summed E-state index contributed by atoms with van der Waals surface area (Å²) >= 11 is 0. The van der Waals surface area contributed by atoms with E-state index in [0.717, 1.165) is 19.3 Å². The zero-order chi connectivity index (χ0) is 8.27. The van der Waals surface area contributed by atoms with E-state index in [1.165, 1.54) is 0 Å². The van der Waals surface area contributed by atoms with Gasteiger partial charge >= 0.3 is 0 Å². The first-order valence-corrected chi connectivity index (χ1v) is 4.20. The van der Waals surface area contributed by atoms with Gasteiger partial charge in [-0.3, -0.25) is 0 Å². The van der Waals surface area contributed by atoms with Crippen molar-refractivity contribution in [2.75, 3.05) is 0 Å². The summed E-state index contributed by atoms with van der Waals surface area (Å²) in [4.78, 5) is 0. The van der Waals surface area contributed by atoms with Crippen LogP contribution in [0.15, 0.2) is 12.7 Å². The van der Waals surface area contributed by atoms with Gasteiger partial charge in [0.15, 0.2) is 0 Å². The molecule has 0 aromatic carbocycles. The van der Waals surface area contributed by atoms with E-state index in [0.29, 0.717) is 0 Å². The minimum Gasteiger partial charge on any atom is -0.390 e. The third kappa shape index (κ3) is 2.31. The van der Waals surface area contributed by atoms with Crippen LogP contribution in [0, 0.1) is 0 Å². The molecule has 0 saturated carbocycles. The maximum Gasteiger partial charge on any atom is 0.102 e. The van der Waals surface area contributed by atoms with Crippen LogP contribution in [0.5, 0.6) is 0 Å². The SMILES string of the molecule is C=C[C@@H]1O[C@H](C)CCC[C@H]1O. The average molecular weight is 156 g/mol. The van der Waals surface area contributed by atoms with Crippen molar-refractivity contribution < 1.29 is 9.84 Å².